The van der Waals surface area contributed by atoms with Gasteiger partial charge in [-0.05, 0) is 109 Å². The number of rotatable bonds is 4. The lowest BCUT2D eigenvalue weighted by Gasteiger charge is -2.32. The van der Waals surface area contributed by atoms with Crippen molar-refractivity contribution in [1.29, 1.82) is 0 Å². The summed E-state index contributed by atoms with van der Waals surface area (Å²) in [4.78, 5) is 3.82. The molecule has 1 aromatic heterocycles. The van der Waals surface area contributed by atoms with Gasteiger partial charge in [0.1, 0.15) is 0 Å². The zero-order chi connectivity index (χ0) is 33.5. The Balaban J connectivity index is 1.18. The van der Waals surface area contributed by atoms with Crippen molar-refractivity contribution in [3.63, 3.8) is 0 Å². The molecule has 238 valence electrons. The summed E-state index contributed by atoms with van der Waals surface area (Å²) in [6.07, 6.45) is 0. The topological polar surface area (TPSA) is 3.24 Å². The predicted molar refractivity (Wildman–Crippen MR) is 216 cm³/mol. The first-order valence-corrected chi connectivity index (χ1v) is 18.4. The van der Waals surface area contributed by atoms with Gasteiger partial charge in [-0.2, -0.15) is 0 Å². The van der Waals surface area contributed by atoms with Gasteiger partial charge in [0.05, 0.1) is 5.41 Å². The van der Waals surface area contributed by atoms with Gasteiger partial charge in [-0.3, -0.25) is 0 Å². The van der Waals surface area contributed by atoms with E-state index in [1.54, 1.807) is 0 Å². The molecule has 51 heavy (non-hydrogen) atoms. The molecule has 0 fully saturated rings. The molecule has 0 unspecified atom stereocenters. The van der Waals surface area contributed by atoms with Gasteiger partial charge >= 0.3 is 0 Å². The van der Waals surface area contributed by atoms with E-state index in [1.165, 1.54) is 75.8 Å². The number of nitrogens with zero attached hydrogens (tertiary/aromatic N) is 1. The molecule has 0 N–H and O–H groups in total. The van der Waals surface area contributed by atoms with E-state index >= 15 is 0 Å². The lowest BCUT2D eigenvalue weighted by Crippen LogP contribution is -2.26. The van der Waals surface area contributed by atoms with Crippen LogP contribution in [0.2, 0.25) is 0 Å². The third-order valence-corrected chi connectivity index (χ3v) is 12.3. The van der Waals surface area contributed by atoms with Crippen molar-refractivity contribution in [3.05, 3.63) is 210 Å². The van der Waals surface area contributed by atoms with Crippen molar-refractivity contribution >= 4 is 49.3 Å². The van der Waals surface area contributed by atoms with E-state index in [9.17, 15) is 0 Å². The molecular formula is C49H31NS. The number of fused-ring (bicyclic) bond motifs is 13. The maximum absolute atomic E-state index is 2.50. The van der Waals surface area contributed by atoms with Crippen LogP contribution in [0.1, 0.15) is 22.3 Å². The molecule has 1 heterocycles. The molecule has 2 aliphatic rings. The summed E-state index contributed by atoms with van der Waals surface area (Å²) in [5, 5.41) is 3.82. The van der Waals surface area contributed by atoms with Gasteiger partial charge in [0.2, 0.25) is 0 Å². The van der Waals surface area contributed by atoms with Gasteiger partial charge in [0, 0.05) is 26.6 Å². The highest BCUT2D eigenvalue weighted by atomic mass is 32.1. The van der Waals surface area contributed by atoms with Crippen LogP contribution in [0.25, 0.3) is 53.6 Å². The molecule has 2 heteroatoms. The maximum Gasteiger partial charge on any atom is 0.0740 e. The predicted octanol–water partition coefficient (Wildman–Crippen LogP) is 13.5. The molecule has 0 radical (unpaired) electrons. The van der Waals surface area contributed by atoms with Crippen LogP contribution in [0, 0.1) is 0 Å². The van der Waals surface area contributed by atoms with E-state index in [0.29, 0.717) is 0 Å². The van der Waals surface area contributed by atoms with Crippen molar-refractivity contribution in [2.75, 3.05) is 4.90 Å². The molecule has 0 amide bonds. The molecule has 1 spiro atoms. The molecule has 0 aliphatic heterocycles. The number of hydrogen-bond donors (Lipinski definition) is 0. The molecule has 1 nitrogen and oxygen atoms in total. The minimum atomic E-state index is -0.417. The first-order chi connectivity index (χ1) is 25.3. The SMILES string of the molecule is c1ccc(-c2ccc(N(c3ccc4c(c3)C3(c5ccccc5-c5ccccc53)c3c-4sc4ccccc34)c3ccc4ccccc4c3)cc2)cc1. The fourth-order valence-corrected chi connectivity index (χ4v) is 10.2. The standard InChI is InChI=1S/C49H31NS/c1-2-12-32(13-3-1)34-22-25-36(26-23-34)50(37-27-24-33-14-4-5-15-35(33)30-37)38-28-29-41-45(31-38)49(47-42-18-8-11-21-46(42)51-48(41)47)43-19-9-6-16-39(43)40-17-7-10-20-44(40)49/h1-31H. The summed E-state index contributed by atoms with van der Waals surface area (Å²) >= 11 is 1.93. The molecular weight excluding hydrogens is 635 g/mol. The monoisotopic (exact) mass is 665 g/mol. The third-order valence-electron chi connectivity index (χ3n) is 11.1. The van der Waals surface area contributed by atoms with Crippen molar-refractivity contribution in [1.82, 2.24) is 0 Å². The lowest BCUT2D eigenvalue weighted by molar-refractivity contribution is 0.802. The Labute approximate surface area is 301 Å². The molecule has 2 aliphatic carbocycles. The Hall–Kier alpha value is -6.22. The zero-order valence-corrected chi connectivity index (χ0v) is 28.6. The fraction of sp³-hybridized carbons (Fsp3) is 0.0204. The van der Waals surface area contributed by atoms with E-state index in [1.807, 2.05) is 11.3 Å². The zero-order valence-electron chi connectivity index (χ0n) is 27.8. The van der Waals surface area contributed by atoms with Gasteiger partial charge in [-0.15, -0.1) is 11.3 Å². The van der Waals surface area contributed by atoms with Crippen LogP contribution < -0.4 is 4.90 Å². The van der Waals surface area contributed by atoms with E-state index in [-0.39, 0.29) is 0 Å². The largest absolute Gasteiger partial charge is 0.310 e. The average Bonchev–Trinajstić information content (AvgIpc) is 3.82. The minimum absolute atomic E-state index is 0.417. The highest BCUT2D eigenvalue weighted by Gasteiger charge is 2.53. The highest BCUT2D eigenvalue weighted by molar-refractivity contribution is 7.22. The highest BCUT2D eigenvalue weighted by Crippen LogP contribution is 2.66. The fourth-order valence-electron chi connectivity index (χ4n) is 8.91. The van der Waals surface area contributed by atoms with Gasteiger partial charge in [-0.25, -0.2) is 0 Å². The van der Waals surface area contributed by atoms with Crippen molar-refractivity contribution in [2.24, 2.45) is 0 Å². The van der Waals surface area contributed by atoms with Crippen LogP contribution in [0.15, 0.2) is 188 Å². The quantitative estimate of drug-likeness (QED) is 0.181. The number of anilines is 3. The van der Waals surface area contributed by atoms with Crippen molar-refractivity contribution in [3.8, 4) is 32.7 Å². The van der Waals surface area contributed by atoms with Gasteiger partial charge in [0.15, 0.2) is 0 Å². The first kappa shape index (κ1) is 28.6. The van der Waals surface area contributed by atoms with Crippen LogP contribution in [-0.4, -0.2) is 0 Å². The normalized spacial score (nSPS) is 13.3. The molecule has 8 aromatic carbocycles. The van der Waals surface area contributed by atoms with E-state index in [0.717, 1.165) is 17.1 Å². The van der Waals surface area contributed by atoms with Crippen LogP contribution in [0.4, 0.5) is 17.1 Å². The summed E-state index contributed by atoms with van der Waals surface area (Å²) in [5.41, 5.74) is 15.0. The second-order valence-corrected chi connectivity index (χ2v) is 14.7. The average molecular weight is 666 g/mol. The summed E-state index contributed by atoms with van der Waals surface area (Å²) in [7, 11) is 0. The summed E-state index contributed by atoms with van der Waals surface area (Å²) in [6, 6.07) is 69.6. The lowest BCUT2D eigenvalue weighted by atomic mass is 9.70. The van der Waals surface area contributed by atoms with Crippen molar-refractivity contribution < 1.29 is 0 Å². The van der Waals surface area contributed by atoms with Gasteiger partial charge in [0.25, 0.3) is 0 Å². The molecule has 9 aromatic rings. The maximum atomic E-state index is 2.50. The van der Waals surface area contributed by atoms with Gasteiger partial charge < -0.3 is 4.90 Å². The van der Waals surface area contributed by atoms with E-state index in [2.05, 4.69) is 193 Å². The smallest absolute Gasteiger partial charge is 0.0740 e. The van der Waals surface area contributed by atoms with E-state index < -0.39 is 5.41 Å². The Morgan fingerprint density at radius 1 is 0.392 bits per heavy atom. The molecule has 0 atom stereocenters. The Morgan fingerprint density at radius 2 is 0.980 bits per heavy atom. The first-order valence-electron chi connectivity index (χ1n) is 17.6. The second kappa shape index (κ2) is 10.9. The summed E-state index contributed by atoms with van der Waals surface area (Å²) in [6.45, 7) is 0. The van der Waals surface area contributed by atoms with E-state index in [4.69, 9.17) is 0 Å². The number of benzene rings is 8. The molecule has 11 rings (SSSR count). The Bertz CT molecular complexity index is 2760. The minimum Gasteiger partial charge on any atom is -0.310 e. The molecule has 0 saturated carbocycles. The Kier molecular flexibility index (Phi) is 6.11. The van der Waals surface area contributed by atoms with Gasteiger partial charge in [-0.1, -0.05) is 146 Å². The van der Waals surface area contributed by atoms with Crippen LogP contribution in [0.5, 0.6) is 0 Å². The molecule has 0 saturated heterocycles. The van der Waals surface area contributed by atoms with Crippen molar-refractivity contribution in [2.45, 2.75) is 5.41 Å². The third kappa shape index (κ3) is 4.03. The van der Waals surface area contributed by atoms with Crippen LogP contribution >= 0.6 is 11.3 Å². The summed E-state index contributed by atoms with van der Waals surface area (Å²) in [5.74, 6) is 0. The molecule has 0 bridgehead atoms. The van der Waals surface area contributed by atoms with Crippen LogP contribution in [-0.2, 0) is 5.41 Å². The number of hydrogen-bond acceptors (Lipinski definition) is 2. The van der Waals surface area contributed by atoms with Crippen LogP contribution in [0.3, 0.4) is 0 Å². The number of thiophene rings is 1. The second-order valence-electron chi connectivity index (χ2n) is 13.7. The summed E-state index contributed by atoms with van der Waals surface area (Å²) < 4.78 is 1.34. The Morgan fingerprint density at radius 3 is 1.76 bits per heavy atom.